The standard InChI is InChI=1S/C34H21Cl/c35-24-19-20-31-32(21-24)34(28-18-8-12-23-10-2-4-14-26(23)28)30-16-6-5-15-29(30)33(31)27-17-7-11-22-9-1-3-13-25(22)27/h1-21H. The van der Waals surface area contributed by atoms with Crippen molar-refractivity contribution in [3.63, 3.8) is 0 Å². The Hall–Kier alpha value is -4.13. The zero-order valence-electron chi connectivity index (χ0n) is 19.0. The van der Waals surface area contributed by atoms with Gasteiger partial charge in [-0.25, -0.2) is 0 Å². The summed E-state index contributed by atoms with van der Waals surface area (Å²) in [6, 6.07) is 45.5. The molecule has 0 saturated carbocycles. The minimum Gasteiger partial charge on any atom is -0.0843 e. The smallest absolute Gasteiger partial charge is 0.0412 e. The summed E-state index contributed by atoms with van der Waals surface area (Å²) in [5, 5.41) is 10.6. The van der Waals surface area contributed by atoms with Gasteiger partial charge in [0.05, 0.1) is 0 Å². The van der Waals surface area contributed by atoms with E-state index in [4.69, 9.17) is 11.6 Å². The maximum Gasteiger partial charge on any atom is 0.0412 e. The fourth-order valence-corrected chi connectivity index (χ4v) is 5.79. The summed E-state index contributed by atoms with van der Waals surface area (Å²) in [5.41, 5.74) is 4.97. The van der Waals surface area contributed by atoms with Gasteiger partial charge in [0, 0.05) is 5.02 Å². The van der Waals surface area contributed by atoms with Gasteiger partial charge in [-0.1, -0.05) is 127 Å². The Balaban J connectivity index is 1.72. The zero-order chi connectivity index (χ0) is 23.4. The van der Waals surface area contributed by atoms with Crippen LogP contribution in [0.4, 0.5) is 0 Å². The minimum absolute atomic E-state index is 0.748. The Kier molecular flexibility index (Phi) is 4.62. The summed E-state index contributed by atoms with van der Waals surface area (Å²) in [5.74, 6) is 0. The molecule has 0 unspecified atom stereocenters. The summed E-state index contributed by atoms with van der Waals surface area (Å²) in [6.45, 7) is 0. The lowest BCUT2D eigenvalue weighted by Crippen LogP contribution is -1.92. The molecule has 7 aromatic carbocycles. The highest BCUT2D eigenvalue weighted by Gasteiger charge is 2.19. The molecular weight excluding hydrogens is 444 g/mol. The van der Waals surface area contributed by atoms with E-state index in [0.717, 1.165) is 5.02 Å². The van der Waals surface area contributed by atoms with Gasteiger partial charge in [-0.3, -0.25) is 0 Å². The highest BCUT2D eigenvalue weighted by atomic mass is 35.5. The van der Waals surface area contributed by atoms with Gasteiger partial charge in [0.25, 0.3) is 0 Å². The molecule has 0 aliphatic carbocycles. The number of hydrogen-bond donors (Lipinski definition) is 0. The van der Waals surface area contributed by atoms with Gasteiger partial charge in [0.2, 0.25) is 0 Å². The average Bonchev–Trinajstić information content (AvgIpc) is 2.91. The highest BCUT2D eigenvalue weighted by Crippen LogP contribution is 2.47. The molecule has 0 nitrogen and oxygen atoms in total. The Morgan fingerprint density at radius 1 is 0.343 bits per heavy atom. The van der Waals surface area contributed by atoms with Gasteiger partial charge >= 0.3 is 0 Å². The van der Waals surface area contributed by atoms with Crippen molar-refractivity contribution in [3.8, 4) is 22.3 Å². The second-order valence-electron chi connectivity index (χ2n) is 9.04. The van der Waals surface area contributed by atoms with Crippen LogP contribution in [0, 0.1) is 0 Å². The molecule has 0 spiro atoms. The largest absolute Gasteiger partial charge is 0.0843 e. The summed E-state index contributed by atoms with van der Waals surface area (Å²) in [7, 11) is 0. The molecule has 35 heavy (non-hydrogen) atoms. The van der Waals surface area contributed by atoms with Gasteiger partial charge in [0.15, 0.2) is 0 Å². The molecule has 164 valence electrons. The fourth-order valence-electron chi connectivity index (χ4n) is 5.62. The van der Waals surface area contributed by atoms with E-state index in [1.165, 1.54) is 65.3 Å². The summed E-state index contributed by atoms with van der Waals surface area (Å²) in [4.78, 5) is 0. The van der Waals surface area contributed by atoms with E-state index < -0.39 is 0 Å². The number of halogens is 1. The van der Waals surface area contributed by atoms with E-state index in [-0.39, 0.29) is 0 Å². The van der Waals surface area contributed by atoms with E-state index in [1.54, 1.807) is 0 Å². The number of hydrogen-bond acceptors (Lipinski definition) is 0. The first-order valence-electron chi connectivity index (χ1n) is 11.9. The summed E-state index contributed by atoms with van der Waals surface area (Å²) < 4.78 is 0. The van der Waals surface area contributed by atoms with Crippen LogP contribution in [0.3, 0.4) is 0 Å². The fraction of sp³-hybridized carbons (Fsp3) is 0. The first kappa shape index (κ1) is 20.3. The molecule has 0 N–H and O–H groups in total. The second kappa shape index (κ2) is 7.98. The van der Waals surface area contributed by atoms with Crippen LogP contribution >= 0.6 is 11.6 Å². The van der Waals surface area contributed by atoms with Crippen LogP contribution in [0.5, 0.6) is 0 Å². The van der Waals surface area contributed by atoms with Gasteiger partial charge in [0.1, 0.15) is 0 Å². The molecule has 0 fully saturated rings. The van der Waals surface area contributed by atoms with Crippen LogP contribution in [-0.4, -0.2) is 0 Å². The summed E-state index contributed by atoms with van der Waals surface area (Å²) in [6.07, 6.45) is 0. The van der Waals surface area contributed by atoms with Crippen LogP contribution in [0.15, 0.2) is 127 Å². The lowest BCUT2D eigenvalue weighted by atomic mass is 9.84. The molecule has 0 heterocycles. The van der Waals surface area contributed by atoms with E-state index in [2.05, 4.69) is 121 Å². The third-order valence-corrected chi connectivity index (χ3v) is 7.34. The van der Waals surface area contributed by atoms with E-state index in [1.807, 2.05) is 6.07 Å². The molecule has 7 aromatic rings. The van der Waals surface area contributed by atoms with Crippen LogP contribution in [-0.2, 0) is 0 Å². The topological polar surface area (TPSA) is 0 Å². The number of fused-ring (bicyclic) bond motifs is 4. The van der Waals surface area contributed by atoms with E-state index in [9.17, 15) is 0 Å². The Morgan fingerprint density at radius 3 is 1.34 bits per heavy atom. The van der Waals surface area contributed by atoms with Crippen LogP contribution in [0.1, 0.15) is 0 Å². The van der Waals surface area contributed by atoms with Gasteiger partial charge in [-0.15, -0.1) is 0 Å². The number of benzene rings is 7. The molecule has 0 radical (unpaired) electrons. The molecule has 0 aromatic heterocycles. The van der Waals surface area contributed by atoms with Crippen LogP contribution in [0.2, 0.25) is 5.02 Å². The molecule has 1 heteroatoms. The monoisotopic (exact) mass is 464 g/mol. The van der Waals surface area contributed by atoms with Crippen LogP contribution < -0.4 is 0 Å². The van der Waals surface area contributed by atoms with E-state index >= 15 is 0 Å². The molecule has 0 bridgehead atoms. The Morgan fingerprint density at radius 2 is 0.771 bits per heavy atom. The van der Waals surface area contributed by atoms with Crippen molar-refractivity contribution in [2.75, 3.05) is 0 Å². The SMILES string of the molecule is Clc1ccc2c(-c3cccc4ccccc34)c3ccccc3c(-c3cccc4ccccc34)c2c1. The molecule has 0 aliphatic rings. The second-order valence-corrected chi connectivity index (χ2v) is 9.48. The molecule has 0 saturated heterocycles. The zero-order valence-corrected chi connectivity index (χ0v) is 19.8. The van der Waals surface area contributed by atoms with E-state index in [0.29, 0.717) is 0 Å². The van der Waals surface area contributed by atoms with Crippen molar-refractivity contribution in [2.24, 2.45) is 0 Å². The average molecular weight is 465 g/mol. The lowest BCUT2D eigenvalue weighted by Gasteiger charge is -2.20. The Labute approximate surface area is 209 Å². The predicted octanol–water partition coefficient (Wildman–Crippen LogP) is 10.3. The maximum absolute atomic E-state index is 6.64. The van der Waals surface area contributed by atoms with Gasteiger partial charge in [-0.2, -0.15) is 0 Å². The molecular formula is C34H21Cl. The van der Waals surface area contributed by atoms with Crippen LogP contribution in [0.25, 0.3) is 65.3 Å². The Bertz CT molecular complexity index is 1900. The first-order valence-corrected chi connectivity index (χ1v) is 12.3. The predicted molar refractivity (Wildman–Crippen MR) is 152 cm³/mol. The third kappa shape index (κ3) is 3.15. The minimum atomic E-state index is 0.748. The molecule has 0 atom stereocenters. The normalized spacial score (nSPS) is 11.6. The molecule has 0 aliphatic heterocycles. The van der Waals surface area contributed by atoms with Crippen molar-refractivity contribution >= 4 is 54.7 Å². The van der Waals surface area contributed by atoms with Crippen molar-refractivity contribution in [2.45, 2.75) is 0 Å². The lowest BCUT2D eigenvalue weighted by molar-refractivity contribution is 1.68. The highest BCUT2D eigenvalue weighted by molar-refractivity contribution is 6.33. The quantitative estimate of drug-likeness (QED) is 0.223. The summed E-state index contributed by atoms with van der Waals surface area (Å²) >= 11 is 6.64. The third-order valence-electron chi connectivity index (χ3n) is 7.10. The molecule has 7 rings (SSSR count). The van der Waals surface area contributed by atoms with Gasteiger partial charge < -0.3 is 0 Å². The van der Waals surface area contributed by atoms with Crippen molar-refractivity contribution in [3.05, 3.63) is 132 Å². The van der Waals surface area contributed by atoms with Crippen molar-refractivity contribution < 1.29 is 0 Å². The maximum atomic E-state index is 6.64. The molecule has 0 amide bonds. The van der Waals surface area contributed by atoms with Crippen molar-refractivity contribution in [1.82, 2.24) is 0 Å². The first-order chi connectivity index (χ1) is 17.3. The van der Waals surface area contributed by atoms with Crippen molar-refractivity contribution in [1.29, 1.82) is 0 Å². The number of rotatable bonds is 2. The van der Waals surface area contributed by atoms with Gasteiger partial charge in [-0.05, 0) is 77.5 Å².